The van der Waals surface area contributed by atoms with Crippen molar-refractivity contribution in [3.63, 3.8) is 0 Å². The van der Waals surface area contributed by atoms with E-state index < -0.39 is 8.07 Å². The third-order valence-electron chi connectivity index (χ3n) is 5.18. The predicted molar refractivity (Wildman–Crippen MR) is 124 cm³/mol. The zero-order chi connectivity index (χ0) is 19.6. The van der Waals surface area contributed by atoms with Crippen LogP contribution in [0.2, 0.25) is 19.6 Å². The van der Waals surface area contributed by atoms with Gasteiger partial charge in [-0.25, -0.2) is 0 Å². The Balaban J connectivity index is 2.00. The van der Waals surface area contributed by atoms with Crippen LogP contribution in [0.4, 0.5) is 0 Å². The SMILES string of the molecule is C[Si](C)(C)c1cc(-c2ccccc2)c(-c2ccccc2)n1Cc1ccccc1. The maximum Gasteiger partial charge on any atom is 0.0985 e. The van der Waals surface area contributed by atoms with E-state index in [1.807, 2.05) is 0 Å². The minimum Gasteiger partial charge on any atom is -0.344 e. The van der Waals surface area contributed by atoms with Gasteiger partial charge < -0.3 is 4.57 Å². The van der Waals surface area contributed by atoms with Crippen LogP contribution in [0.1, 0.15) is 5.56 Å². The summed E-state index contributed by atoms with van der Waals surface area (Å²) >= 11 is 0. The lowest BCUT2D eigenvalue weighted by Gasteiger charge is -2.22. The smallest absolute Gasteiger partial charge is 0.0985 e. The number of rotatable bonds is 5. The van der Waals surface area contributed by atoms with Gasteiger partial charge in [0.2, 0.25) is 0 Å². The lowest BCUT2D eigenvalue weighted by Crippen LogP contribution is -2.43. The first-order chi connectivity index (χ1) is 13.5. The van der Waals surface area contributed by atoms with Crippen molar-refractivity contribution in [3.8, 4) is 22.4 Å². The molecule has 0 aliphatic rings. The Labute approximate surface area is 169 Å². The van der Waals surface area contributed by atoms with Crippen molar-refractivity contribution >= 4 is 13.4 Å². The van der Waals surface area contributed by atoms with Gasteiger partial charge in [0.1, 0.15) is 0 Å². The summed E-state index contributed by atoms with van der Waals surface area (Å²) < 4.78 is 2.57. The fraction of sp³-hybridized carbons (Fsp3) is 0.154. The predicted octanol–water partition coefficient (Wildman–Crippen LogP) is 6.42. The lowest BCUT2D eigenvalue weighted by atomic mass is 10.0. The monoisotopic (exact) mass is 381 g/mol. The van der Waals surface area contributed by atoms with Crippen LogP contribution in [-0.4, -0.2) is 12.6 Å². The molecule has 0 fully saturated rings. The maximum absolute atomic E-state index is 2.57. The van der Waals surface area contributed by atoms with Crippen LogP contribution in [0, 0.1) is 0 Å². The Kier molecular flexibility index (Phi) is 5.06. The van der Waals surface area contributed by atoms with E-state index in [1.165, 1.54) is 33.3 Å². The minimum atomic E-state index is -1.55. The number of benzene rings is 3. The van der Waals surface area contributed by atoms with Crippen molar-refractivity contribution < 1.29 is 0 Å². The fourth-order valence-electron chi connectivity index (χ4n) is 3.85. The average Bonchev–Trinajstić information content (AvgIpc) is 3.10. The second-order valence-corrected chi connectivity index (χ2v) is 13.4. The highest BCUT2D eigenvalue weighted by Gasteiger charge is 2.26. The minimum absolute atomic E-state index is 0.900. The second-order valence-electron chi connectivity index (χ2n) is 8.35. The fourth-order valence-corrected chi connectivity index (χ4v) is 5.42. The van der Waals surface area contributed by atoms with E-state index in [0.717, 1.165) is 6.54 Å². The molecule has 3 aromatic carbocycles. The number of hydrogen-bond donors (Lipinski definition) is 0. The molecule has 1 nitrogen and oxygen atoms in total. The van der Waals surface area contributed by atoms with Gasteiger partial charge in [0.15, 0.2) is 0 Å². The first kappa shape index (κ1) is 18.5. The lowest BCUT2D eigenvalue weighted by molar-refractivity contribution is 0.833. The summed E-state index contributed by atoms with van der Waals surface area (Å²) in [5.41, 5.74) is 6.57. The molecule has 0 bridgehead atoms. The molecule has 4 rings (SSSR count). The molecule has 2 heteroatoms. The summed E-state index contributed by atoms with van der Waals surface area (Å²) in [4.78, 5) is 0. The molecule has 0 N–H and O–H groups in total. The van der Waals surface area contributed by atoms with E-state index in [4.69, 9.17) is 0 Å². The Morgan fingerprint density at radius 3 is 1.68 bits per heavy atom. The molecule has 0 spiro atoms. The summed E-state index contributed by atoms with van der Waals surface area (Å²) in [6.07, 6.45) is 0. The topological polar surface area (TPSA) is 4.93 Å². The molecule has 0 atom stereocenters. The highest BCUT2D eigenvalue weighted by Crippen LogP contribution is 2.34. The van der Waals surface area contributed by atoms with Crippen molar-refractivity contribution in [3.05, 3.63) is 103 Å². The van der Waals surface area contributed by atoms with Gasteiger partial charge in [-0.05, 0) is 22.8 Å². The summed E-state index contributed by atoms with van der Waals surface area (Å²) in [6, 6.07) is 34.9. The van der Waals surface area contributed by atoms with Crippen molar-refractivity contribution in [2.75, 3.05) is 0 Å². The maximum atomic E-state index is 2.57. The van der Waals surface area contributed by atoms with Crippen LogP contribution in [0.3, 0.4) is 0 Å². The van der Waals surface area contributed by atoms with Gasteiger partial charge in [-0.1, -0.05) is 111 Å². The molecular formula is C26H27NSi. The van der Waals surface area contributed by atoms with E-state index in [2.05, 4.69) is 121 Å². The van der Waals surface area contributed by atoms with Crippen LogP contribution in [0.25, 0.3) is 22.4 Å². The molecule has 0 saturated carbocycles. The van der Waals surface area contributed by atoms with E-state index in [-0.39, 0.29) is 0 Å². The average molecular weight is 382 g/mol. The zero-order valence-corrected chi connectivity index (χ0v) is 17.9. The van der Waals surface area contributed by atoms with Gasteiger partial charge in [-0.3, -0.25) is 0 Å². The molecule has 4 aromatic rings. The van der Waals surface area contributed by atoms with Crippen molar-refractivity contribution in [1.82, 2.24) is 4.57 Å². The van der Waals surface area contributed by atoms with E-state index in [9.17, 15) is 0 Å². The highest BCUT2D eigenvalue weighted by atomic mass is 28.3. The van der Waals surface area contributed by atoms with E-state index in [1.54, 1.807) is 0 Å². The Morgan fingerprint density at radius 1 is 0.643 bits per heavy atom. The molecule has 0 aliphatic heterocycles. The van der Waals surface area contributed by atoms with Crippen molar-refractivity contribution in [2.45, 2.75) is 26.2 Å². The highest BCUT2D eigenvalue weighted by molar-refractivity contribution is 6.88. The molecule has 0 amide bonds. The second kappa shape index (κ2) is 7.65. The van der Waals surface area contributed by atoms with Gasteiger partial charge in [-0.15, -0.1) is 0 Å². The van der Waals surface area contributed by atoms with Crippen LogP contribution in [0.5, 0.6) is 0 Å². The molecule has 0 aliphatic carbocycles. The Bertz CT molecular complexity index is 1040. The van der Waals surface area contributed by atoms with Crippen LogP contribution < -0.4 is 5.32 Å². The molecule has 0 unspecified atom stereocenters. The van der Waals surface area contributed by atoms with Crippen LogP contribution in [0.15, 0.2) is 97.1 Å². The van der Waals surface area contributed by atoms with Gasteiger partial charge in [-0.2, -0.15) is 0 Å². The van der Waals surface area contributed by atoms with E-state index in [0.29, 0.717) is 0 Å². The molecule has 140 valence electrons. The molecule has 28 heavy (non-hydrogen) atoms. The quantitative estimate of drug-likeness (QED) is 0.352. The normalized spacial score (nSPS) is 11.5. The molecule has 0 saturated heterocycles. The molecule has 1 heterocycles. The van der Waals surface area contributed by atoms with Crippen molar-refractivity contribution in [1.29, 1.82) is 0 Å². The van der Waals surface area contributed by atoms with Crippen LogP contribution >= 0.6 is 0 Å². The number of nitrogens with zero attached hydrogens (tertiary/aromatic N) is 1. The van der Waals surface area contributed by atoms with Gasteiger partial charge in [0.05, 0.1) is 13.8 Å². The summed E-state index contributed by atoms with van der Waals surface area (Å²) in [6.45, 7) is 8.21. The molecule has 1 aromatic heterocycles. The molecule has 0 radical (unpaired) electrons. The standard InChI is InChI=1S/C26H27NSi/c1-28(2,3)25-19-24(22-15-9-5-10-16-22)26(23-17-11-6-12-18-23)27(25)20-21-13-7-4-8-14-21/h4-19H,20H2,1-3H3. The van der Waals surface area contributed by atoms with Gasteiger partial charge in [0.25, 0.3) is 0 Å². The van der Waals surface area contributed by atoms with Crippen LogP contribution in [-0.2, 0) is 6.54 Å². The van der Waals surface area contributed by atoms with E-state index >= 15 is 0 Å². The number of hydrogen-bond acceptors (Lipinski definition) is 0. The first-order valence-corrected chi connectivity index (χ1v) is 13.4. The third-order valence-corrected chi connectivity index (χ3v) is 7.13. The van der Waals surface area contributed by atoms with Gasteiger partial charge in [0, 0.05) is 17.4 Å². The molecular weight excluding hydrogens is 354 g/mol. The largest absolute Gasteiger partial charge is 0.344 e. The first-order valence-electron chi connectivity index (χ1n) is 9.93. The zero-order valence-electron chi connectivity index (χ0n) is 16.9. The van der Waals surface area contributed by atoms with Crippen molar-refractivity contribution in [2.24, 2.45) is 0 Å². The summed E-state index contributed by atoms with van der Waals surface area (Å²) in [7, 11) is -1.55. The number of aromatic nitrogens is 1. The Hall–Kier alpha value is -2.84. The third kappa shape index (κ3) is 3.74. The van der Waals surface area contributed by atoms with Gasteiger partial charge >= 0.3 is 0 Å². The summed E-state index contributed by atoms with van der Waals surface area (Å²) in [5, 5.41) is 1.49. The Morgan fingerprint density at radius 2 is 1.14 bits per heavy atom. The summed E-state index contributed by atoms with van der Waals surface area (Å²) in [5.74, 6) is 0.